The maximum absolute atomic E-state index is 5.94. The Hall–Kier alpha value is -1.24. The van der Waals surface area contributed by atoms with Gasteiger partial charge >= 0.3 is 0 Å². The smallest absolute Gasteiger partial charge is 0.199 e. The van der Waals surface area contributed by atoms with Crippen molar-refractivity contribution < 1.29 is 9.47 Å². The minimum absolute atomic E-state index is 0.108. The first-order valence-electron chi connectivity index (χ1n) is 6.95. The predicted molar refractivity (Wildman–Crippen MR) is 80.9 cm³/mol. The Labute approximate surface area is 117 Å². The highest BCUT2D eigenvalue weighted by atomic mass is 28.3. The van der Waals surface area contributed by atoms with Crippen LogP contribution < -0.4 is 4.74 Å². The van der Waals surface area contributed by atoms with E-state index >= 15 is 0 Å². The van der Waals surface area contributed by atoms with Gasteiger partial charge in [-0.15, -0.1) is 5.54 Å². The summed E-state index contributed by atoms with van der Waals surface area (Å²) < 4.78 is 11.6. The van der Waals surface area contributed by atoms with E-state index in [0.29, 0.717) is 0 Å². The van der Waals surface area contributed by atoms with Crippen molar-refractivity contribution in [2.45, 2.75) is 45.2 Å². The monoisotopic (exact) mass is 274 g/mol. The van der Waals surface area contributed by atoms with Gasteiger partial charge < -0.3 is 9.47 Å². The van der Waals surface area contributed by atoms with Crippen LogP contribution in [0.5, 0.6) is 5.75 Å². The first kappa shape index (κ1) is 14.2. The van der Waals surface area contributed by atoms with Crippen LogP contribution in [0.15, 0.2) is 24.3 Å². The van der Waals surface area contributed by atoms with Crippen LogP contribution >= 0.6 is 0 Å². The molecule has 0 radical (unpaired) electrons. The Kier molecular flexibility index (Phi) is 4.68. The Morgan fingerprint density at radius 2 is 2.00 bits per heavy atom. The maximum Gasteiger partial charge on any atom is 0.199 e. The molecule has 0 amide bonds. The van der Waals surface area contributed by atoms with Crippen molar-refractivity contribution in [3.05, 3.63) is 29.8 Å². The van der Waals surface area contributed by atoms with Gasteiger partial charge in [0.25, 0.3) is 0 Å². The summed E-state index contributed by atoms with van der Waals surface area (Å²) in [6, 6.07) is 7.98. The van der Waals surface area contributed by atoms with Crippen LogP contribution in [0.2, 0.25) is 19.6 Å². The van der Waals surface area contributed by atoms with Crippen molar-refractivity contribution >= 4 is 8.07 Å². The molecule has 1 atom stereocenters. The number of para-hydroxylation sites is 1. The molecule has 3 heteroatoms. The molecule has 0 aliphatic carbocycles. The fourth-order valence-corrected chi connectivity index (χ4v) is 2.38. The van der Waals surface area contributed by atoms with Crippen molar-refractivity contribution in [2.24, 2.45) is 0 Å². The van der Waals surface area contributed by atoms with Gasteiger partial charge in [0.1, 0.15) is 13.8 Å². The number of hydrogen-bond donors (Lipinski definition) is 0. The Morgan fingerprint density at radius 3 is 2.68 bits per heavy atom. The van der Waals surface area contributed by atoms with E-state index < -0.39 is 8.07 Å². The molecule has 0 aromatic heterocycles. The normalized spacial score (nSPS) is 19.4. The average Bonchev–Trinajstić information content (AvgIpc) is 2.38. The van der Waals surface area contributed by atoms with Crippen molar-refractivity contribution in [3.8, 4) is 17.2 Å². The molecule has 1 aromatic rings. The number of hydrogen-bond acceptors (Lipinski definition) is 2. The van der Waals surface area contributed by atoms with Crippen molar-refractivity contribution in [2.75, 3.05) is 6.61 Å². The summed E-state index contributed by atoms with van der Waals surface area (Å²) >= 11 is 0. The van der Waals surface area contributed by atoms with Crippen molar-refractivity contribution in [1.29, 1.82) is 0 Å². The Bertz CT molecular complexity index is 474. The van der Waals surface area contributed by atoms with Crippen molar-refractivity contribution in [1.82, 2.24) is 0 Å². The zero-order valence-electron chi connectivity index (χ0n) is 12.0. The molecule has 1 fully saturated rings. The van der Waals surface area contributed by atoms with Gasteiger partial charge in [0.05, 0.1) is 12.2 Å². The van der Waals surface area contributed by atoms with E-state index in [1.165, 1.54) is 6.42 Å². The molecule has 1 heterocycles. The molecule has 0 saturated carbocycles. The van der Waals surface area contributed by atoms with Gasteiger partial charge in [0.15, 0.2) is 6.29 Å². The second-order valence-electron chi connectivity index (χ2n) is 5.91. The highest BCUT2D eigenvalue weighted by Crippen LogP contribution is 2.22. The van der Waals surface area contributed by atoms with Crippen LogP contribution in [0.4, 0.5) is 0 Å². The van der Waals surface area contributed by atoms with Crippen LogP contribution in [0.1, 0.15) is 24.8 Å². The van der Waals surface area contributed by atoms with Crippen LogP contribution in [0.3, 0.4) is 0 Å². The van der Waals surface area contributed by atoms with Crippen LogP contribution in [-0.2, 0) is 4.74 Å². The average molecular weight is 274 g/mol. The molecule has 0 bridgehead atoms. The van der Waals surface area contributed by atoms with Gasteiger partial charge in [0.2, 0.25) is 0 Å². The lowest BCUT2D eigenvalue weighted by atomic mass is 10.2. The molecule has 1 saturated heterocycles. The zero-order chi connectivity index (χ0) is 13.7. The lowest BCUT2D eigenvalue weighted by Crippen LogP contribution is -2.25. The molecule has 1 unspecified atom stereocenters. The quantitative estimate of drug-likeness (QED) is 0.603. The molecule has 1 aliphatic heterocycles. The van der Waals surface area contributed by atoms with E-state index in [2.05, 4.69) is 31.1 Å². The summed E-state index contributed by atoms with van der Waals surface area (Å²) in [5.41, 5.74) is 4.36. The molecule has 2 nitrogen and oxygen atoms in total. The molecule has 1 aliphatic rings. The summed E-state index contributed by atoms with van der Waals surface area (Å²) in [6.45, 7) is 7.53. The standard InChI is InChI=1S/C16H22O2Si/c1-19(2,3)13-11-14-8-4-5-9-15(14)18-16-10-6-7-12-17-16/h4-5,8-9,16H,6-7,10,12H2,1-3H3. The number of benzene rings is 1. The molecule has 2 rings (SSSR count). The molecular formula is C16H22O2Si. The molecule has 0 N–H and O–H groups in total. The third-order valence-corrected chi connectivity index (χ3v) is 3.73. The third-order valence-electron chi connectivity index (χ3n) is 2.86. The van der Waals surface area contributed by atoms with Gasteiger partial charge in [-0.05, 0) is 25.0 Å². The zero-order valence-corrected chi connectivity index (χ0v) is 13.0. The minimum atomic E-state index is -1.36. The maximum atomic E-state index is 5.94. The van der Waals surface area contributed by atoms with E-state index in [4.69, 9.17) is 9.47 Å². The lowest BCUT2D eigenvalue weighted by molar-refractivity contribution is -0.106. The van der Waals surface area contributed by atoms with E-state index in [9.17, 15) is 0 Å². The van der Waals surface area contributed by atoms with E-state index in [0.717, 1.165) is 30.8 Å². The van der Waals surface area contributed by atoms with Crippen LogP contribution in [0.25, 0.3) is 0 Å². The van der Waals surface area contributed by atoms with Gasteiger partial charge in [-0.2, -0.15) is 0 Å². The molecule has 1 aromatic carbocycles. The predicted octanol–water partition coefficient (Wildman–Crippen LogP) is 3.82. The van der Waals surface area contributed by atoms with Gasteiger partial charge in [-0.1, -0.05) is 37.7 Å². The third kappa shape index (κ3) is 4.74. The largest absolute Gasteiger partial charge is 0.464 e. The topological polar surface area (TPSA) is 18.5 Å². The molecule has 102 valence electrons. The minimum Gasteiger partial charge on any atom is -0.464 e. The summed E-state index contributed by atoms with van der Waals surface area (Å²) in [7, 11) is -1.36. The molecule has 19 heavy (non-hydrogen) atoms. The first-order valence-corrected chi connectivity index (χ1v) is 10.4. The second kappa shape index (κ2) is 6.27. The van der Waals surface area contributed by atoms with E-state index in [1.807, 2.05) is 24.3 Å². The summed E-state index contributed by atoms with van der Waals surface area (Å²) in [6.07, 6.45) is 3.17. The van der Waals surface area contributed by atoms with Crippen LogP contribution in [-0.4, -0.2) is 21.0 Å². The lowest BCUT2D eigenvalue weighted by Gasteiger charge is -2.24. The van der Waals surface area contributed by atoms with E-state index in [1.54, 1.807) is 0 Å². The van der Waals surface area contributed by atoms with Gasteiger partial charge in [-0.3, -0.25) is 0 Å². The molecule has 0 spiro atoms. The summed E-state index contributed by atoms with van der Waals surface area (Å²) in [5.74, 6) is 4.12. The molecular weight excluding hydrogens is 252 g/mol. The number of rotatable bonds is 2. The fraction of sp³-hybridized carbons (Fsp3) is 0.500. The number of ether oxygens (including phenoxy) is 2. The summed E-state index contributed by atoms with van der Waals surface area (Å²) in [5, 5.41) is 0. The van der Waals surface area contributed by atoms with Crippen molar-refractivity contribution in [3.63, 3.8) is 0 Å². The van der Waals surface area contributed by atoms with Crippen LogP contribution in [0, 0.1) is 11.5 Å². The SMILES string of the molecule is C[Si](C)(C)C#Cc1ccccc1OC1CCCCO1. The first-order chi connectivity index (χ1) is 9.04. The highest BCUT2D eigenvalue weighted by Gasteiger charge is 2.16. The second-order valence-corrected chi connectivity index (χ2v) is 10.7. The van der Waals surface area contributed by atoms with Gasteiger partial charge in [0, 0.05) is 6.42 Å². The fourth-order valence-electron chi connectivity index (χ4n) is 1.87. The highest BCUT2D eigenvalue weighted by molar-refractivity contribution is 6.83. The van der Waals surface area contributed by atoms with E-state index in [-0.39, 0.29) is 6.29 Å². The Morgan fingerprint density at radius 1 is 1.21 bits per heavy atom. The Balaban J connectivity index is 2.13. The summed E-state index contributed by atoms with van der Waals surface area (Å²) in [4.78, 5) is 0. The van der Waals surface area contributed by atoms with Gasteiger partial charge in [-0.25, -0.2) is 0 Å².